The van der Waals surface area contributed by atoms with Crippen LogP contribution in [-0.4, -0.2) is 17.1 Å². The van der Waals surface area contributed by atoms with Gasteiger partial charge < -0.3 is 4.84 Å². The van der Waals surface area contributed by atoms with Crippen LogP contribution in [0.3, 0.4) is 0 Å². The molecule has 1 heterocycles. The quantitative estimate of drug-likeness (QED) is 0.759. The number of oxime groups is 1. The molecule has 0 bridgehead atoms. The summed E-state index contributed by atoms with van der Waals surface area (Å²) >= 11 is 9.25. The predicted octanol–water partition coefficient (Wildman–Crippen LogP) is 3.23. The average molecular weight is 275 g/mol. The van der Waals surface area contributed by atoms with Crippen molar-refractivity contribution in [2.24, 2.45) is 5.16 Å². The minimum Gasteiger partial charge on any atom is -0.391 e. The highest BCUT2D eigenvalue weighted by atomic mass is 79.9. The molecule has 0 fully saturated rings. The van der Waals surface area contributed by atoms with E-state index in [2.05, 4.69) is 21.1 Å². The summed E-state index contributed by atoms with van der Waals surface area (Å²) in [5.41, 5.74) is 2.01. The molecule has 0 aliphatic carbocycles. The number of rotatable bonds is 2. The van der Waals surface area contributed by atoms with Gasteiger partial charge in [0.05, 0.1) is 5.71 Å². The maximum atomic E-state index is 5.89. The summed E-state index contributed by atoms with van der Waals surface area (Å²) < 4.78 is 0. The molecule has 1 aromatic carbocycles. The summed E-state index contributed by atoms with van der Waals surface area (Å²) in [5, 5.41) is 5.56. The van der Waals surface area contributed by atoms with E-state index in [1.807, 2.05) is 24.3 Å². The average Bonchev–Trinajstić information content (AvgIpc) is 2.66. The van der Waals surface area contributed by atoms with Crippen LogP contribution in [0.25, 0.3) is 0 Å². The standard InChI is InChI=1S/C10H9BrClNO/c11-6-9-5-10(13-14-9)7-2-1-3-8(12)4-7/h1-4,9H,5-6H2/t9-/m0/s1. The molecule has 0 aromatic heterocycles. The first kappa shape index (κ1) is 9.99. The smallest absolute Gasteiger partial charge is 0.142 e. The van der Waals surface area contributed by atoms with Crippen molar-refractivity contribution in [3.8, 4) is 0 Å². The lowest BCUT2D eigenvalue weighted by molar-refractivity contribution is 0.104. The molecule has 1 aliphatic rings. The monoisotopic (exact) mass is 273 g/mol. The van der Waals surface area contributed by atoms with Gasteiger partial charge in [0.15, 0.2) is 0 Å². The van der Waals surface area contributed by atoms with Crippen LogP contribution in [0, 0.1) is 0 Å². The summed E-state index contributed by atoms with van der Waals surface area (Å²) in [6, 6.07) is 7.66. The van der Waals surface area contributed by atoms with Crippen molar-refractivity contribution in [3.05, 3.63) is 34.9 Å². The molecule has 0 unspecified atom stereocenters. The second kappa shape index (κ2) is 4.32. The van der Waals surface area contributed by atoms with Gasteiger partial charge in [0, 0.05) is 22.3 Å². The van der Waals surface area contributed by atoms with Crippen LogP contribution in [0.15, 0.2) is 29.4 Å². The zero-order valence-electron chi connectivity index (χ0n) is 7.41. The van der Waals surface area contributed by atoms with E-state index in [0.29, 0.717) is 0 Å². The third-order valence-electron chi connectivity index (χ3n) is 2.06. The molecule has 0 radical (unpaired) electrons. The third-order valence-corrected chi connectivity index (χ3v) is 3.02. The maximum absolute atomic E-state index is 5.89. The lowest BCUT2D eigenvalue weighted by Crippen LogP contribution is -2.09. The van der Waals surface area contributed by atoms with E-state index in [1.165, 1.54) is 0 Å². The minimum atomic E-state index is 0.156. The Hall–Kier alpha value is -0.540. The molecule has 1 aliphatic heterocycles. The molecule has 0 saturated heterocycles. The first-order valence-electron chi connectivity index (χ1n) is 4.34. The van der Waals surface area contributed by atoms with E-state index in [4.69, 9.17) is 16.4 Å². The van der Waals surface area contributed by atoms with Gasteiger partial charge in [0.2, 0.25) is 0 Å². The van der Waals surface area contributed by atoms with E-state index in [-0.39, 0.29) is 6.10 Å². The van der Waals surface area contributed by atoms with Gasteiger partial charge in [-0.1, -0.05) is 44.8 Å². The lowest BCUT2D eigenvalue weighted by atomic mass is 10.1. The van der Waals surface area contributed by atoms with Crippen LogP contribution in [0.5, 0.6) is 0 Å². The van der Waals surface area contributed by atoms with Crippen LogP contribution in [0.4, 0.5) is 0 Å². The van der Waals surface area contributed by atoms with Gasteiger partial charge in [0.25, 0.3) is 0 Å². The van der Waals surface area contributed by atoms with Gasteiger partial charge in [-0.05, 0) is 12.1 Å². The zero-order chi connectivity index (χ0) is 9.97. The van der Waals surface area contributed by atoms with Crippen LogP contribution >= 0.6 is 27.5 Å². The molecule has 2 nitrogen and oxygen atoms in total. The fraction of sp³-hybridized carbons (Fsp3) is 0.300. The molecule has 74 valence electrons. The van der Waals surface area contributed by atoms with E-state index >= 15 is 0 Å². The van der Waals surface area contributed by atoms with Gasteiger partial charge in [-0.3, -0.25) is 0 Å². The van der Waals surface area contributed by atoms with Gasteiger partial charge in [0.1, 0.15) is 6.10 Å². The summed E-state index contributed by atoms with van der Waals surface area (Å²) in [6.45, 7) is 0. The molecule has 0 N–H and O–H groups in total. The van der Waals surface area contributed by atoms with Gasteiger partial charge >= 0.3 is 0 Å². The Bertz CT molecular complexity index is 367. The Morgan fingerprint density at radius 3 is 3.07 bits per heavy atom. The largest absolute Gasteiger partial charge is 0.391 e. The second-order valence-corrected chi connectivity index (χ2v) is 4.22. The lowest BCUT2D eigenvalue weighted by Gasteiger charge is -2.01. The van der Waals surface area contributed by atoms with E-state index in [0.717, 1.165) is 28.0 Å². The molecular weight excluding hydrogens is 265 g/mol. The Kier molecular flexibility index (Phi) is 3.08. The van der Waals surface area contributed by atoms with Crippen molar-refractivity contribution in [1.82, 2.24) is 0 Å². The molecule has 0 saturated carbocycles. The molecule has 2 rings (SSSR count). The number of benzene rings is 1. The highest BCUT2D eigenvalue weighted by Crippen LogP contribution is 2.20. The number of nitrogens with zero attached hydrogens (tertiary/aromatic N) is 1. The molecule has 0 amide bonds. The normalized spacial score (nSPS) is 20.4. The van der Waals surface area contributed by atoms with Crippen molar-refractivity contribution in [3.63, 3.8) is 0 Å². The van der Waals surface area contributed by atoms with Crippen molar-refractivity contribution in [2.75, 3.05) is 5.33 Å². The summed E-state index contributed by atoms with van der Waals surface area (Å²) in [6.07, 6.45) is 0.995. The first-order valence-corrected chi connectivity index (χ1v) is 5.84. The number of hydrogen-bond acceptors (Lipinski definition) is 2. The Labute approximate surface area is 96.0 Å². The molecule has 14 heavy (non-hydrogen) atoms. The Balaban J connectivity index is 2.17. The highest BCUT2D eigenvalue weighted by Gasteiger charge is 2.20. The molecule has 1 aromatic rings. The predicted molar refractivity (Wildman–Crippen MR) is 61.3 cm³/mol. The first-order chi connectivity index (χ1) is 6.79. The highest BCUT2D eigenvalue weighted by molar-refractivity contribution is 9.09. The maximum Gasteiger partial charge on any atom is 0.142 e. The summed E-state index contributed by atoms with van der Waals surface area (Å²) in [4.78, 5) is 5.21. The van der Waals surface area contributed by atoms with E-state index in [9.17, 15) is 0 Å². The van der Waals surface area contributed by atoms with Gasteiger partial charge in [-0.25, -0.2) is 0 Å². The summed E-state index contributed by atoms with van der Waals surface area (Å²) in [5.74, 6) is 0. The molecular formula is C10H9BrClNO. The number of alkyl halides is 1. The zero-order valence-corrected chi connectivity index (χ0v) is 9.75. The van der Waals surface area contributed by atoms with Crippen molar-refractivity contribution >= 4 is 33.2 Å². The van der Waals surface area contributed by atoms with E-state index in [1.54, 1.807) is 0 Å². The van der Waals surface area contributed by atoms with Gasteiger partial charge in [-0.2, -0.15) is 0 Å². The second-order valence-electron chi connectivity index (χ2n) is 3.13. The Morgan fingerprint density at radius 1 is 1.57 bits per heavy atom. The SMILES string of the molecule is Clc1cccc(C2=NO[C@H](CBr)C2)c1. The Morgan fingerprint density at radius 2 is 2.43 bits per heavy atom. The molecule has 0 spiro atoms. The van der Waals surface area contributed by atoms with Crippen molar-refractivity contribution in [1.29, 1.82) is 0 Å². The third kappa shape index (κ3) is 2.10. The van der Waals surface area contributed by atoms with Crippen LogP contribution in [-0.2, 0) is 4.84 Å². The minimum absolute atomic E-state index is 0.156. The molecule has 1 atom stereocenters. The molecule has 4 heteroatoms. The van der Waals surface area contributed by atoms with Crippen molar-refractivity contribution in [2.45, 2.75) is 12.5 Å². The topological polar surface area (TPSA) is 21.6 Å². The van der Waals surface area contributed by atoms with Crippen LogP contribution in [0.1, 0.15) is 12.0 Å². The number of halogens is 2. The fourth-order valence-corrected chi connectivity index (χ4v) is 1.89. The van der Waals surface area contributed by atoms with Crippen LogP contribution in [0.2, 0.25) is 5.02 Å². The van der Waals surface area contributed by atoms with Crippen LogP contribution < -0.4 is 0 Å². The van der Waals surface area contributed by atoms with Crippen molar-refractivity contribution < 1.29 is 4.84 Å². The van der Waals surface area contributed by atoms with E-state index < -0.39 is 0 Å². The fourth-order valence-electron chi connectivity index (χ4n) is 1.35. The number of hydrogen-bond donors (Lipinski definition) is 0. The van der Waals surface area contributed by atoms with Gasteiger partial charge in [-0.15, -0.1) is 0 Å². The summed E-state index contributed by atoms with van der Waals surface area (Å²) in [7, 11) is 0.